The van der Waals surface area contributed by atoms with Crippen LogP contribution in [0.1, 0.15) is 33.1 Å². The van der Waals surface area contributed by atoms with Gasteiger partial charge in [-0.25, -0.2) is 5.06 Å². The topological polar surface area (TPSA) is 29.5 Å². The molecule has 0 radical (unpaired) electrons. The van der Waals surface area contributed by atoms with Gasteiger partial charge in [-0.2, -0.15) is 0 Å². The Kier molecular flexibility index (Phi) is 3.53. The van der Waals surface area contributed by atoms with Gasteiger partial charge in [-0.3, -0.25) is 9.63 Å². The molecule has 1 aliphatic heterocycles. The summed E-state index contributed by atoms with van der Waals surface area (Å²) >= 11 is 0. The predicted molar refractivity (Wildman–Crippen MR) is 46.4 cm³/mol. The number of carbonyl (C=O) groups excluding carboxylic acids is 1. The monoisotopic (exact) mass is 171 g/mol. The van der Waals surface area contributed by atoms with E-state index >= 15 is 0 Å². The molecule has 1 heterocycles. The highest BCUT2D eigenvalue weighted by atomic mass is 16.7. The second-order valence-electron chi connectivity index (χ2n) is 3.63. The third-order valence-electron chi connectivity index (χ3n) is 1.86. The Hall–Kier alpha value is -0.570. The molecular weight excluding hydrogens is 154 g/mol. The average Bonchev–Trinajstić information content (AvgIpc) is 2.05. The Balaban J connectivity index is 2.30. The van der Waals surface area contributed by atoms with Gasteiger partial charge in [0.2, 0.25) is 5.91 Å². The first-order valence-corrected chi connectivity index (χ1v) is 4.63. The lowest BCUT2D eigenvalue weighted by molar-refractivity contribution is -0.197. The average molecular weight is 171 g/mol. The zero-order chi connectivity index (χ0) is 8.97. The summed E-state index contributed by atoms with van der Waals surface area (Å²) in [6.07, 6.45) is 2.75. The number of amides is 1. The molecule has 1 rings (SSSR count). The Morgan fingerprint density at radius 3 is 2.75 bits per heavy atom. The molecule has 70 valence electrons. The molecule has 3 nitrogen and oxygen atoms in total. The van der Waals surface area contributed by atoms with Crippen molar-refractivity contribution in [2.24, 2.45) is 5.92 Å². The normalized spacial score (nSPS) is 18.4. The number of hydrogen-bond acceptors (Lipinski definition) is 2. The van der Waals surface area contributed by atoms with Crippen molar-refractivity contribution >= 4 is 5.91 Å². The fraction of sp³-hybridized carbons (Fsp3) is 0.889. The first-order valence-electron chi connectivity index (χ1n) is 4.63. The van der Waals surface area contributed by atoms with E-state index in [0.717, 1.165) is 19.4 Å². The number of hydrogen-bond donors (Lipinski definition) is 0. The fourth-order valence-corrected chi connectivity index (χ4v) is 1.24. The van der Waals surface area contributed by atoms with Gasteiger partial charge in [-0.05, 0) is 18.8 Å². The molecule has 3 heteroatoms. The summed E-state index contributed by atoms with van der Waals surface area (Å²) in [5, 5.41) is 1.52. The molecule has 0 aromatic heterocycles. The van der Waals surface area contributed by atoms with Crippen molar-refractivity contribution < 1.29 is 9.63 Å². The zero-order valence-electron chi connectivity index (χ0n) is 7.88. The summed E-state index contributed by atoms with van der Waals surface area (Å²) < 4.78 is 0. The van der Waals surface area contributed by atoms with E-state index in [-0.39, 0.29) is 5.91 Å². The molecule has 1 fully saturated rings. The third kappa shape index (κ3) is 2.81. The Morgan fingerprint density at radius 1 is 1.50 bits per heavy atom. The summed E-state index contributed by atoms with van der Waals surface area (Å²) in [4.78, 5) is 16.6. The van der Waals surface area contributed by atoms with Crippen molar-refractivity contribution in [2.45, 2.75) is 33.1 Å². The third-order valence-corrected chi connectivity index (χ3v) is 1.86. The van der Waals surface area contributed by atoms with E-state index in [1.54, 1.807) is 0 Å². The largest absolute Gasteiger partial charge is 0.273 e. The van der Waals surface area contributed by atoms with Crippen molar-refractivity contribution in [1.82, 2.24) is 5.06 Å². The lowest BCUT2D eigenvalue weighted by Gasteiger charge is -2.26. The van der Waals surface area contributed by atoms with Crippen molar-refractivity contribution in [3.8, 4) is 0 Å². The number of hydroxylamine groups is 2. The van der Waals surface area contributed by atoms with E-state index in [0.29, 0.717) is 18.9 Å². The van der Waals surface area contributed by atoms with Crippen LogP contribution in [0, 0.1) is 5.92 Å². The molecule has 1 saturated heterocycles. The second kappa shape index (κ2) is 4.45. The Bertz CT molecular complexity index is 151. The SMILES string of the molecule is CC(C)CC(=O)N1CCCCO1. The smallest absolute Gasteiger partial charge is 0.246 e. The van der Waals surface area contributed by atoms with Crippen LogP contribution in [0.4, 0.5) is 0 Å². The molecule has 0 atom stereocenters. The summed E-state index contributed by atoms with van der Waals surface area (Å²) in [7, 11) is 0. The van der Waals surface area contributed by atoms with Crippen LogP contribution in [0.3, 0.4) is 0 Å². The Morgan fingerprint density at radius 2 is 2.25 bits per heavy atom. The Labute approximate surface area is 73.6 Å². The molecule has 0 aromatic carbocycles. The van der Waals surface area contributed by atoms with Crippen molar-refractivity contribution in [3.63, 3.8) is 0 Å². The lowest BCUT2D eigenvalue weighted by atomic mass is 10.1. The van der Waals surface area contributed by atoms with Crippen LogP contribution < -0.4 is 0 Å². The van der Waals surface area contributed by atoms with Gasteiger partial charge in [-0.15, -0.1) is 0 Å². The van der Waals surface area contributed by atoms with E-state index in [1.807, 2.05) is 13.8 Å². The van der Waals surface area contributed by atoms with E-state index in [1.165, 1.54) is 5.06 Å². The number of rotatable bonds is 2. The van der Waals surface area contributed by atoms with Gasteiger partial charge in [-0.1, -0.05) is 13.8 Å². The van der Waals surface area contributed by atoms with Crippen LogP contribution in [-0.2, 0) is 9.63 Å². The molecule has 1 aliphatic rings. The van der Waals surface area contributed by atoms with Gasteiger partial charge in [0, 0.05) is 13.0 Å². The van der Waals surface area contributed by atoms with E-state index in [9.17, 15) is 4.79 Å². The first kappa shape index (κ1) is 9.52. The lowest BCUT2D eigenvalue weighted by Crippen LogP contribution is -2.36. The van der Waals surface area contributed by atoms with Crippen LogP contribution >= 0.6 is 0 Å². The number of nitrogens with zero attached hydrogens (tertiary/aromatic N) is 1. The van der Waals surface area contributed by atoms with E-state index in [2.05, 4.69) is 0 Å². The van der Waals surface area contributed by atoms with Gasteiger partial charge in [0.1, 0.15) is 0 Å². The van der Waals surface area contributed by atoms with E-state index in [4.69, 9.17) is 4.84 Å². The maximum Gasteiger partial charge on any atom is 0.246 e. The van der Waals surface area contributed by atoms with Crippen LogP contribution in [0.2, 0.25) is 0 Å². The first-order chi connectivity index (χ1) is 5.70. The summed E-state index contributed by atoms with van der Waals surface area (Å²) in [5.41, 5.74) is 0. The molecule has 12 heavy (non-hydrogen) atoms. The minimum Gasteiger partial charge on any atom is -0.273 e. The quantitative estimate of drug-likeness (QED) is 0.631. The van der Waals surface area contributed by atoms with Crippen LogP contribution in [0.15, 0.2) is 0 Å². The predicted octanol–water partition coefficient (Wildman–Crippen LogP) is 1.59. The van der Waals surface area contributed by atoms with E-state index < -0.39 is 0 Å². The molecule has 0 saturated carbocycles. The molecule has 0 spiro atoms. The molecular formula is C9H17NO2. The molecule has 0 aromatic rings. The van der Waals surface area contributed by atoms with Crippen LogP contribution in [0.25, 0.3) is 0 Å². The van der Waals surface area contributed by atoms with Crippen molar-refractivity contribution in [1.29, 1.82) is 0 Å². The summed E-state index contributed by atoms with van der Waals surface area (Å²) in [5.74, 6) is 0.549. The van der Waals surface area contributed by atoms with Crippen molar-refractivity contribution in [3.05, 3.63) is 0 Å². The number of carbonyl (C=O) groups is 1. The highest BCUT2D eigenvalue weighted by molar-refractivity contribution is 5.75. The maximum absolute atomic E-state index is 11.4. The van der Waals surface area contributed by atoms with Gasteiger partial charge in [0.25, 0.3) is 0 Å². The zero-order valence-corrected chi connectivity index (χ0v) is 7.88. The van der Waals surface area contributed by atoms with Gasteiger partial charge < -0.3 is 0 Å². The molecule has 0 unspecified atom stereocenters. The highest BCUT2D eigenvalue weighted by Gasteiger charge is 2.17. The molecule has 0 aliphatic carbocycles. The van der Waals surface area contributed by atoms with Gasteiger partial charge in [0.05, 0.1) is 6.61 Å². The summed E-state index contributed by atoms with van der Waals surface area (Å²) in [6, 6.07) is 0. The molecule has 1 amide bonds. The van der Waals surface area contributed by atoms with Crippen LogP contribution in [0.5, 0.6) is 0 Å². The fourth-order valence-electron chi connectivity index (χ4n) is 1.24. The maximum atomic E-state index is 11.4. The van der Waals surface area contributed by atoms with Crippen LogP contribution in [-0.4, -0.2) is 24.1 Å². The minimum atomic E-state index is 0.129. The minimum absolute atomic E-state index is 0.129. The van der Waals surface area contributed by atoms with Gasteiger partial charge >= 0.3 is 0 Å². The van der Waals surface area contributed by atoms with Gasteiger partial charge in [0.15, 0.2) is 0 Å². The standard InChI is InChI=1S/C9H17NO2/c1-8(2)7-9(11)10-5-3-4-6-12-10/h8H,3-7H2,1-2H3. The molecule has 0 N–H and O–H groups in total. The summed E-state index contributed by atoms with van der Waals surface area (Å²) in [6.45, 7) is 5.55. The highest BCUT2D eigenvalue weighted by Crippen LogP contribution is 2.10. The van der Waals surface area contributed by atoms with Crippen molar-refractivity contribution in [2.75, 3.05) is 13.2 Å². The molecule has 0 bridgehead atoms. The second-order valence-corrected chi connectivity index (χ2v) is 3.63.